The molecule has 2 aliphatic rings. The molecule has 160 valence electrons. The molecule has 8 nitrogen and oxygen atoms in total. The second kappa shape index (κ2) is 8.87. The van der Waals surface area contributed by atoms with Crippen LogP contribution in [0.15, 0.2) is 30.3 Å². The molecule has 2 amide bonds. The van der Waals surface area contributed by atoms with E-state index in [2.05, 4.69) is 57.2 Å². The molecule has 0 radical (unpaired) electrons. The van der Waals surface area contributed by atoms with Crippen LogP contribution in [0.4, 0.5) is 22.1 Å². The molecular formula is C22H31N7O. The lowest BCUT2D eigenvalue weighted by molar-refractivity contribution is 0.208. The molecule has 1 N–H and O–H groups in total. The number of piperazine rings is 2. The average Bonchev–Trinajstić information content (AvgIpc) is 2.77. The van der Waals surface area contributed by atoms with Crippen LogP contribution in [0.3, 0.4) is 0 Å². The third-order valence-corrected chi connectivity index (χ3v) is 6.11. The van der Waals surface area contributed by atoms with E-state index in [1.165, 1.54) is 11.1 Å². The van der Waals surface area contributed by atoms with Crippen LogP contribution in [-0.2, 0) is 0 Å². The summed E-state index contributed by atoms with van der Waals surface area (Å²) in [5.41, 5.74) is 3.24. The molecule has 2 aromatic rings. The summed E-state index contributed by atoms with van der Waals surface area (Å²) in [6, 6.07) is 10.1. The lowest BCUT2D eigenvalue weighted by Crippen LogP contribution is -2.50. The molecule has 2 fully saturated rings. The third-order valence-electron chi connectivity index (χ3n) is 6.11. The van der Waals surface area contributed by atoms with Crippen molar-refractivity contribution in [2.45, 2.75) is 13.8 Å². The van der Waals surface area contributed by atoms with Crippen molar-refractivity contribution in [3.8, 4) is 0 Å². The quantitative estimate of drug-likeness (QED) is 0.838. The highest BCUT2D eigenvalue weighted by molar-refractivity contribution is 5.89. The molecule has 2 aliphatic heterocycles. The summed E-state index contributed by atoms with van der Waals surface area (Å²) in [5.74, 6) is 1.82. The lowest BCUT2D eigenvalue weighted by Gasteiger charge is -2.35. The van der Waals surface area contributed by atoms with Gasteiger partial charge in [-0.3, -0.25) is 0 Å². The molecule has 0 unspecified atom stereocenters. The molecule has 1 aromatic carbocycles. The number of likely N-dealkylation sites (N-methyl/N-ethyl adjacent to an activating group) is 1. The van der Waals surface area contributed by atoms with E-state index in [0.29, 0.717) is 13.1 Å². The number of nitrogens with zero attached hydrogens (tertiary/aromatic N) is 6. The van der Waals surface area contributed by atoms with Crippen LogP contribution in [0.5, 0.6) is 0 Å². The van der Waals surface area contributed by atoms with E-state index in [4.69, 9.17) is 0 Å². The van der Waals surface area contributed by atoms with Gasteiger partial charge in [0.25, 0.3) is 0 Å². The fourth-order valence-electron chi connectivity index (χ4n) is 3.85. The highest BCUT2D eigenvalue weighted by Gasteiger charge is 2.23. The number of carbonyl (C=O) groups excluding carboxylic acids is 1. The number of aryl methyl sites for hydroxylation is 2. The van der Waals surface area contributed by atoms with E-state index < -0.39 is 0 Å². The van der Waals surface area contributed by atoms with Gasteiger partial charge in [0.2, 0.25) is 0 Å². The normalized spacial score (nSPS) is 17.9. The SMILES string of the molecule is Cc1ccc(NC(=O)N2CCN(c3ccc(N4CCN(C)CC4)nn3)CC2)cc1C. The Kier molecular flexibility index (Phi) is 6.03. The summed E-state index contributed by atoms with van der Waals surface area (Å²) < 4.78 is 0. The van der Waals surface area contributed by atoms with Gasteiger partial charge >= 0.3 is 6.03 Å². The molecule has 0 saturated carbocycles. The molecule has 30 heavy (non-hydrogen) atoms. The Balaban J connectivity index is 1.29. The minimum atomic E-state index is -0.0469. The zero-order valence-electron chi connectivity index (χ0n) is 18.1. The minimum Gasteiger partial charge on any atom is -0.353 e. The maximum Gasteiger partial charge on any atom is 0.321 e. The van der Waals surface area contributed by atoms with Gasteiger partial charge in [0.1, 0.15) is 0 Å². The van der Waals surface area contributed by atoms with Crippen LogP contribution < -0.4 is 15.1 Å². The Morgan fingerprint density at radius 2 is 1.37 bits per heavy atom. The fraction of sp³-hybridized carbons (Fsp3) is 0.500. The van der Waals surface area contributed by atoms with Gasteiger partial charge in [-0.05, 0) is 56.3 Å². The summed E-state index contributed by atoms with van der Waals surface area (Å²) in [5, 5.41) is 11.9. The molecule has 2 saturated heterocycles. The zero-order chi connectivity index (χ0) is 21.1. The smallest absolute Gasteiger partial charge is 0.321 e. The van der Waals surface area contributed by atoms with Crippen molar-refractivity contribution < 1.29 is 4.79 Å². The molecule has 1 aromatic heterocycles. The maximum atomic E-state index is 12.6. The van der Waals surface area contributed by atoms with Crippen molar-refractivity contribution in [1.29, 1.82) is 0 Å². The third kappa shape index (κ3) is 4.64. The molecule has 3 heterocycles. The Morgan fingerprint density at radius 3 is 1.90 bits per heavy atom. The van der Waals surface area contributed by atoms with Gasteiger partial charge in [0.05, 0.1) is 0 Å². The van der Waals surface area contributed by atoms with Crippen LogP contribution in [0, 0.1) is 13.8 Å². The largest absolute Gasteiger partial charge is 0.353 e. The molecule has 0 bridgehead atoms. The molecule has 0 spiro atoms. The van der Waals surface area contributed by atoms with Crippen LogP contribution >= 0.6 is 0 Å². The summed E-state index contributed by atoms with van der Waals surface area (Å²) in [6.07, 6.45) is 0. The Hall–Kier alpha value is -2.87. The Labute approximate surface area is 178 Å². The topological polar surface area (TPSA) is 67.8 Å². The van der Waals surface area contributed by atoms with Crippen LogP contribution in [0.1, 0.15) is 11.1 Å². The number of hydrogen-bond donors (Lipinski definition) is 1. The van der Waals surface area contributed by atoms with Crippen molar-refractivity contribution in [2.75, 3.05) is 74.5 Å². The second-order valence-electron chi connectivity index (χ2n) is 8.24. The second-order valence-corrected chi connectivity index (χ2v) is 8.24. The van der Waals surface area contributed by atoms with E-state index in [1.54, 1.807) is 0 Å². The van der Waals surface area contributed by atoms with Gasteiger partial charge in [-0.25, -0.2) is 4.79 Å². The van der Waals surface area contributed by atoms with Gasteiger partial charge in [0, 0.05) is 58.0 Å². The first-order valence-corrected chi connectivity index (χ1v) is 10.6. The zero-order valence-corrected chi connectivity index (χ0v) is 18.1. The van der Waals surface area contributed by atoms with E-state index >= 15 is 0 Å². The summed E-state index contributed by atoms with van der Waals surface area (Å²) >= 11 is 0. The van der Waals surface area contributed by atoms with Crippen molar-refractivity contribution in [3.63, 3.8) is 0 Å². The van der Waals surface area contributed by atoms with E-state index in [-0.39, 0.29) is 6.03 Å². The molecule has 4 rings (SSSR count). The monoisotopic (exact) mass is 409 g/mol. The summed E-state index contributed by atoms with van der Waals surface area (Å²) in [7, 11) is 2.15. The van der Waals surface area contributed by atoms with Crippen LogP contribution in [0.25, 0.3) is 0 Å². The number of hydrogen-bond acceptors (Lipinski definition) is 6. The number of nitrogens with one attached hydrogen (secondary N) is 1. The number of amides is 2. The lowest BCUT2D eigenvalue weighted by atomic mass is 10.1. The van der Waals surface area contributed by atoms with Crippen molar-refractivity contribution in [2.24, 2.45) is 0 Å². The van der Waals surface area contributed by atoms with Gasteiger partial charge in [-0.2, -0.15) is 0 Å². The van der Waals surface area contributed by atoms with Crippen molar-refractivity contribution >= 4 is 23.4 Å². The molecule has 0 atom stereocenters. The van der Waals surface area contributed by atoms with Crippen LogP contribution in [0.2, 0.25) is 0 Å². The first-order chi connectivity index (χ1) is 14.5. The predicted octanol–water partition coefficient (Wildman–Crippen LogP) is 2.20. The van der Waals surface area contributed by atoms with Gasteiger partial charge in [-0.1, -0.05) is 6.07 Å². The Bertz CT molecular complexity index is 870. The molecule has 8 heteroatoms. The van der Waals surface area contributed by atoms with Crippen LogP contribution in [-0.4, -0.2) is 85.4 Å². The standard InChI is InChI=1S/C22H31N7O/c1-17-4-5-19(16-18(17)2)23-22(30)29-14-12-28(13-15-29)21-7-6-20(24-25-21)27-10-8-26(3)9-11-27/h4-7,16H,8-15H2,1-3H3,(H,23,30). The molecule has 0 aliphatic carbocycles. The van der Waals surface area contributed by atoms with Crippen molar-refractivity contribution in [3.05, 3.63) is 41.5 Å². The summed E-state index contributed by atoms with van der Waals surface area (Å²) in [6.45, 7) is 11.0. The fourth-order valence-corrected chi connectivity index (χ4v) is 3.85. The number of benzene rings is 1. The number of aromatic nitrogens is 2. The van der Waals surface area contributed by atoms with E-state index in [9.17, 15) is 4.79 Å². The highest BCUT2D eigenvalue weighted by atomic mass is 16.2. The number of urea groups is 1. The van der Waals surface area contributed by atoms with Crippen molar-refractivity contribution in [1.82, 2.24) is 20.0 Å². The van der Waals surface area contributed by atoms with E-state index in [1.807, 2.05) is 29.2 Å². The first kappa shape index (κ1) is 20.4. The van der Waals surface area contributed by atoms with E-state index in [0.717, 1.165) is 56.6 Å². The number of anilines is 3. The maximum absolute atomic E-state index is 12.6. The number of rotatable bonds is 3. The summed E-state index contributed by atoms with van der Waals surface area (Å²) in [4.78, 5) is 21.3. The van der Waals surface area contributed by atoms with Gasteiger partial charge in [-0.15, -0.1) is 10.2 Å². The molecular weight excluding hydrogens is 378 g/mol. The first-order valence-electron chi connectivity index (χ1n) is 10.6. The average molecular weight is 410 g/mol. The van der Waals surface area contributed by atoms with Gasteiger partial charge < -0.3 is 24.9 Å². The predicted molar refractivity (Wildman–Crippen MR) is 120 cm³/mol. The Morgan fingerprint density at radius 1 is 0.800 bits per heavy atom. The minimum absolute atomic E-state index is 0.0469. The highest BCUT2D eigenvalue weighted by Crippen LogP contribution is 2.19. The van der Waals surface area contributed by atoms with Gasteiger partial charge in [0.15, 0.2) is 11.6 Å². The number of carbonyl (C=O) groups is 1.